The van der Waals surface area contributed by atoms with Gasteiger partial charge >= 0.3 is 0 Å². The van der Waals surface area contributed by atoms with Crippen molar-refractivity contribution in [2.45, 2.75) is 44.0 Å². The van der Waals surface area contributed by atoms with Crippen LogP contribution in [-0.4, -0.2) is 50.9 Å². The zero-order valence-electron chi connectivity index (χ0n) is 18.4. The Labute approximate surface area is 198 Å². The first-order valence-electron chi connectivity index (χ1n) is 11.2. The van der Waals surface area contributed by atoms with Gasteiger partial charge < -0.3 is 9.80 Å². The number of nitrogens with zero attached hydrogens (tertiary/aromatic N) is 3. The molecule has 170 valence electrons. The summed E-state index contributed by atoms with van der Waals surface area (Å²) in [7, 11) is -3.75. The second-order valence-corrected chi connectivity index (χ2v) is 12.0. The molecular formula is C24H28BrN3O3S. The van der Waals surface area contributed by atoms with E-state index in [-0.39, 0.29) is 22.8 Å². The molecule has 0 aromatic heterocycles. The molecule has 2 aliphatic heterocycles. The minimum Gasteiger partial charge on any atom is -0.366 e. The monoisotopic (exact) mass is 517 g/mol. The first-order valence-corrected chi connectivity index (χ1v) is 13.5. The fourth-order valence-corrected chi connectivity index (χ4v) is 7.34. The van der Waals surface area contributed by atoms with Crippen LogP contribution in [0.2, 0.25) is 0 Å². The SMILES string of the molecule is Cc1cccc(N2CCN(S(=O)(=O)c3cc(Br)cc4c3N(C(=O)C3CC3)CC4)C[C@H]2C)c1. The van der Waals surface area contributed by atoms with Gasteiger partial charge in [-0.15, -0.1) is 0 Å². The Kier molecular flexibility index (Phi) is 5.58. The highest BCUT2D eigenvalue weighted by atomic mass is 79.9. The van der Waals surface area contributed by atoms with Crippen LogP contribution in [0.5, 0.6) is 0 Å². The lowest BCUT2D eigenvalue weighted by Gasteiger charge is -2.41. The predicted molar refractivity (Wildman–Crippen MR) is 130 cm³/mol. The topological polar surface area (TPSA) is 60.9 Å². The van der Waals surface area contributed by atoms with Crippen LogP contribution in [0.3, 0.4) is 0 Å². The van der Waals surface area contributed by atoms with Crippen LogP contribution in [0.4, 0.5) is 11.4 Å². The van der Waals surface area contributed by atoms with Crippen molar-refractivity contribution in [2.75, 3.05) is 36.0 Å². The first-order chi connectivity index (χ1) is 15.3. The van der Waals surface area contributed by atoms with E-state index < -0.39 is 10.0 Å². The van der Waals surface area contributed by atoms with Crippen LogP contribution in [0.15, 0.2) is 45.8 Å². The molecule has 0 bridgehead atoms. The summed E-state index contributed by atoms with van der Waals surface area (Å²) >= 11 is 3.49. The molecule has 1 amide bonds. The third-order valence-electron chi connectivity index (χ3n) is 6.73. The lowest BCUT2D eigenvalue weighted by Crippen LogP contribution is -2.53. The minimum absolute atomic E-state index is 0.0460. The Morgan fingerprint density at radius 3 is 2.56 bits per heavy atom. The molecule has 1 saturated carbocycles. The molecule has 0 N–H and O–H groups in total. The van der Waals surface area contributed by atoms with Gasteiger partial charge in [-0.1, -0.05) is 28.1 Å². The van der Waals surface area contributed by atoms with E-state index in [1.54, 1.807) is 15.3 Å². The fourth-order valence-electron chi connectivity index (χ4n) is 4.91. The van der Waals surface area contributed by atoms with Gasteiger partial charge in [0.25, 0.3) is 0 Å². The average molecular weight is 518 g/mol. The normalized spacial score (nSPS) is 21.7. The lowest BCUT2D eigenvalue weighted by atomic mass is 10.1. The smallest absolute Gasteiger partial charge is 0.245 e. The van der Waals surface area contributed by atoms with Gasteiger partial charge in [0.2, 0.25) is 15.9 Å². The maximum Gasteiger partial charge on any atom is 0.245 e. The third kappa shape index (κ3) is 3.86. The number of amides is 1. The van der Waals surface area contributed by atoms with E-state index in [1.807, 2.05) is 12.1 Å². The highest BCUT2D eigenvalue weighted by Gasteiger charge is 2.41. The molecule has 0 radical (unpaired) electrons. The van der Waals surface area contributed by atoms with Crippen LogP contribution < -0.4 is 9.80 Å². The molecule has 1 saturated heterocycles. The second-order valence-electron chi connectivity index (χ2n) is 9.17. The quantitative estimate of drug-likeness (QED) is 0.615. The van der Waals surface area contributed by atoms with Gasteiger partial charge in [0.1, 0.15) is 4.90 Å². The third-order valence-corrected chi connectivity index (χ3v) is 9.06. The first kappa shape index (κ1) is 21.9. The molecule has 2 aromatic carbocycles. The molecule has 8 heteroatoms. The molecule has 6 nitrogen and oxygen atoms in total. The van der Waals surface area contributed by atoms with E-state index in [4.69, 9.17) is 0 Å². The number of benzene rings is 2. The second kappa shape index (κ2) is 8.15. The van der Waals surface area contributed by atoms with Crippen molar-refractivity contribution in [3.8, 4) is 0 Å². The Morgan fingerprint density at radius 2 is 1.88 bits per heavy atom. The Morgan fingerprint density at radius 1 is 1.09 bits per heavy atom. The standard InChI is InChI=1S/C24H28BrN3O3S/c1-16-4-3-5-21(12-16)27-11-10-26(15-17(27)2)32(30,31)22-14-20(25)13-19-8-9-28(23(19)22)24(29)18-6-7-18/h3-5,12-14,17-18H,6-11,15H2,1-2H3/t17-/m1/s1. The highest BCUT2D eigenvalue weighted by molar-refractivity contribution is 9.10. The molecule has 2 fully saturated rings. The number of piperazine rings is 1. The molecule has 3 aliphatic rings. The van der Waals surface area contributed by atoms with Crippen molar-refractivity contribution in [2.24, 2.45) is 5.92 Å². The molecule has 2 heterocycles. The minimum atomic E-state index is -3.75. The van der Waals surface area contributed by atoms with Gasteiger partial charge in [0.05, 0.1) is 5.69 Å². The van der Waals surface area contributed by atoms with Crippen molar-refractivity contribution >= 4 is 43.2 Å². The maximum atomic E-state index is 13.8. The molecule has 0 spiro atoms. The largest absolute Gasteiger partial charge is 0.366 e. The predicted octanol–water partition coefficient (Wildman–Crippen LogP) is 3.96. The van der Waals surface area contributed by atoms with Crippen LogP contribution in [0.25, 0.3) is 0 Å². The molecule has 0 unspecified atom stereocenters. The summed E-state index contributed by atoms with van der Waals surface area (Å²) in [5, 5.41) is 0. The van der Waals surface area contributed by atoms with Gasteiger partial charge in [-0.05, 0) is 68.5 Å². The number of aryl methyl sites for hydroxylation is 1. The van der Waals surface area contributed by atoms with Crippen LogP contribution in [0, 0.1) is 12.8 Å². The van der Waals surface area contributed by atoms with E-state index in [9.17, 15) is 13.2 Å². The van der Waals surface area contributed by atoms with Gasteiger partial charge in [-0.2, -0.15) is 4.31 Å². The summed E-state index contributed by atoms with van der Waals surface area (Å²) < 4.78 is 30.0. The zero-order chi connectivity index (χ0) is 22.6. The number of rotatable bonds is 4. The molecule has 32 heavy (non-hydrogen) atoms. The fraction of sp³-hybridized carbons (Fsp3) is 0.458. The molecule has 1 aliphatic carbocycles. The number of halogens is 1. The van der Waals surface area contributed by atoms with E-state index in [0.29, 0.717) is 38.3 Å². The van der Waals surface area contributed by atoms with Crippen molar-refractivity contribution in [1.29, 1.82) is 0 Å². The van der Waals surface area contributed by atoms with Crippen molar-refractivity contribution < 1.29 is 13.2 Å². The van der Waals surface area contributed by atoms with Crippen molar-refractivity contribution in [3.63, 3.8) is 0 Å². The van der Waals surface area contributed by atoms with Gasteiger partial charge in [0, 0.05) is 48.3 Å². The van der Waals surface area contributed by atoms with E-state index in [0.717, 1.165) is 28.6 Å². The van der Waals surface area contributed by atoms with E-state index in [1.165, 1.54) is 5.56 Å². The van der Waals surface area contributed by atoms with E-state index >= 15 is 0 Å². The number of hydrogen-bond acceptors (Lipinski definition) is 4. The van der Waals surface area contributed by atoms with Crippen LogP contribution >= 0.6 is 15.9 Å². The zero-order valence-corrected chi connectivity index (χ0v) is 20.8. The van der Waals surface area contributed by atoms with Gasteiger partial charge in [-0.3, -0.25) is 4.79 Å². The molecular weight excluding hydrogens is 490 g/mol. The summed E-state index contributed by atoms with van der Waals surface area (Å²) in [4.78, 5) is 17.1. The van der Waals surface area contributed by atoms with E-state index in [2.05, 4.69) is 52.9 Å². The Balaban J connectivity index is 1.45. The maximum absolute atomic E-state index is 13.8. The van der Waals surface area contributed by atoms with Gasteiger partial charge in [0.15, 0.2) is 0 Å². The Bertz CT molecular complexity index is 1180. The lowest BCUT2D eigenvalue weighted by molar-refractivity contribution is -0.119. The number of anilines is 2. The average Bonchev–Trinajstić information content (AvgIpc) is 3.52. The molecule has 2 aromatic rings. The van der Waals surface area contributed by atoms with Crippen molar-refractivity contribution in [3.05, 3.63) is 52.0 Å². The Hall–Kier alpha value is -1.90. The number of fused-ring (bicyclic) bond motifs is 1. The summed E-state index contributed by atoms with van der Waals surface area (Å²) in [6.07, 6.45) is 2.50. The van der Waals surface area contributed by atoms with Crippen LogP contribution in [-0.2, 0) is 21.2 Å². The summed E-state index contributed by atoms with van der Waals surface area (Å²) in [5.74, 6) is 0.123. The van der Waals surface area contributed by atoms with Crippen molar-refractivity contribution in [1.82, 2.24) is 4.31 Å². The number of carbonyl (C=O) groups is 1. The summed E-state index contributed by atoms with van der Waals surface area (Å²) in [6.45, 7) is 6.15. The highest BCUT2D eigenvalue weighted by Crippen LogP contribution is 2.42. The number of hydrogen-bond donors (Lipinski definition) is 0. The summed E-state index contributed by atoms with van der Waals surface area (Å²) in [6, 6.07) is 12.0. The molecule has 1 atom stereocenters. The number of carbonyl (C=O) groups excluding carboxylic acids is 1. The molecule has 5 rings (SSSR count). The van der Waals surface area contributed by atoms with Crippen LogP contribution in [0.1, 0.15) is 30.9 Å². The van der Waals surface area contributed by atoms with Gasteiger partial charge in [-0.25, -0.2) is 8.42 Å². The summed E-state index contributed by atoms with van der Waals surface area (Å²) in [5.41, 5.74) is 3.84. The number of sulfonamides is 1.